The Morgan fingerprint density at radius 3 is 2.46 bits per heavy atom. The lowest BCUT2D eigenvalue weighted by Crippen LogP contribution is -2.24. The van der Waals surface area contributed by atoms with Crippen LogP contribution in [-0.2, 0) is 14.3 Å². The van der Waals surface area contributed by atoms with Crippen molar-refractivity contribution in [1.82, 2.24) is 0 Å². The summed E-state index contributed by atoms with van der Waals surface area (Å²) in [4.78, 5) is 16.3. The van der Waals surface area contributed by atoms with Gasteiger partial charge in [-0.25, -0.2) is 0 Å². The molecular weight excluding hydrogens is 302 g/mol. The van der Waals surface area contributed by atoms with Crippen LogP contribution in [0.3, 0.4) is 0 Å². The van der Waals surface area contributed by atoms with Gasteiger partial charge in [-0.05, 0) is 17.2 Å². The molecule has 1 aliphatic rings. The molecule has 3 rings (SSSR count). The van der Waals surface area contributed by atoms with Gasteiger partial charge in [0, 0.05) is 0 Å². The fourth-order valence-electron chi connectivity index (χ4n) is 2.58. The van der Waals surface area contributed by atoms with Crippen LogP contribution in [0.25, 0.3) is 6.08 Å². The molecule has 122 valence electrons. The van der Waals surface area contributed by atoms with E-state index in [1.165, 1.54) is 7.11 Å². The lowest BCUT2D eigenvalue weighted by molar-refractivity contribution is -0.142. The van der Waals surface area contributed by atoms with Gasteiger partial charge in [0.2, 0.25) is 0 Å². The second kappa shape index (κ2) is 7.70. The van der Waals surface area contributed by atoms with Crippen LogP contribution in [0.2, 0.25) is 0 Å². The van der Waals surface area contributed by atoms with Crippen LogP contribution in [0.4, 0.5) is 0 Å². The first kappa shape index (κ1) is 16.1. The van der Waals surface area contributed by atoms with E-state index in [1.807, 2.05) is 72.8 Å². The minimum atomic E-state index is -0.407. The first-order chi connectivity index (χ1) is 11.8. The predicted octanol–water partition coefficient (Wildman–Crippen LogP) is 3.48. The van der Waals surface area contributed by atoms with Crippen molar-refractivity contribution >= 4 is 17.8 Å². The summed E-state index contributed by atoms with van der Waals surface area (Å²) >= 11 is 0. The van der Waals surface area contributed by atoms with Crippen molar-refractivity contribution in [3.63, 3.8) is 0 Å². The summed E-state index contributed by atoms with van der Waals surface area (Å²) in [7, 11) is 1.38. The molecule has 0 unspecified atom stereocenters. The molecule has 0 aliphatic carbocycles. The molecule has 2 aromatic carbocycles. The zero-order valence-corrected chi connectivity index (χ0v) is 13.5. The number of carbonyl (C=O) groups excluding carboxylic acids is 1. The van der Waals surface area contributed by atoms with Gasteiger partial charge in [0.25, 0.3) is 0 Å². The second-order valence-electron chi connectivity index (χ2n) is 5.45. The van der Waals surface area contributed by atoms with Gasteiger partial charge in [-0.15, -0.1) is 0 Å². The fraction of sp³-hybridized carbons (Fsp3) is 0.200. The molecule has 0 saturated heterocycles. The maximum absolute atomic E-state index is 11.7. The Morgan fingerprint density at radius 2 is 1.79 bits per heavy atom. The number of aliphatic imine (C=N–C) groups is 1. The normalized spacial score (nSPS) is 20.1. The van der Waals surface area contributed by atoms with E-state index >= 15 is 0 Å². The first-order valence-corrected chi connectivity index (χ1v) is 7.85. The number of hydrogen-bond donors (Lipinski definition) is 0. The van der Waals surface area contributed by atoms with Crippen LogP contribution in [0.5, 0.6) is 0 Å². The first-order valence-electron chi connectivity index (χ1n) is 7.85. The zero-order chi connectivity index (χ0) is 16.8. The lowest BCUT2D eigenvalue weighted by atomic mass is 10.0. The Bertz CT molecular complexity index is 738. The number of benzene rings is 2. The van der Waals surface area contributed by atoms with E-state index in [2.05, 4.69) is 4.99 Å². The zero-order valence-electron chi connectivity index (χ0n) is 13.5. The standard InChI is InChI=1S/C20H19NO3/c1-23-19(22)14-17-20(16-10-6-3-7-11-16)21-18(24-17)13-12-15-8-4-2-5-9-15/h2-13,17-18H,14H2,1H3/b13-12+/t17-,18-/m0/s1. The highest BCUT2D eigenvalue weighted by Gasteiger charge is 2.30. The van der Waals surface area contributed by atoms with Crippen LogP contribution >= 0.6 is 0 Å². The van der Waals surface area contributed by atoms with E-state index in [9.17, 15) is 4.79 Å². The third-order valence-corrected chi connectivity index (χ3v) is 3.78. The maximum Gasteiger partial charge on any atom is 0.308 e. The number of rotatable bonds is 5. The minimum Gasteiger partial charge on any atom is -0.469 e. The van der Waals surface area contributed by atoms with Gasteiger partial charge >= 0.3 is 5.97 Å². The van der Waals surface area contributed by atoms with Gasteiger partial charge in [-0.3, -0.25) is 9.79 Å². The van der Waals surface area contributed by atoms with Crippen molar-refractivity contribution < 1.29 is 14.3 Å². The molecule has 1 aliphatic heterocycles. The van der Waals surface area contributed by atoms with Crippen LogP contribution < -0.4 is 0 Å². The number of hydrogen-bond acceptors (Lipinski definition) is 4. The molecule has 1 heterocycles. The third-order valence-electron chi connectivity index (χ3n) is 3.78. The Hall–Kier alpha value is -2.72. The largest absolute Gasteiger partial charge is 0.469 e. The summed E-state index contributed by atoms with van der Waals surface area (Å²) in [5.41, 5.74) is 2.82. The summed E-state index contributed by atoms with van der Waals surface area (Å²) in [6, 6.07) is 19.7. The molecule has 0 spiro atoms. The van der Waals surface area contributed by atoms with Crippen molar-refractivity contribution in [1.29, 1.82) is 0 Å². The van der Waals surface area contributed by atoms with Gasteiger partial charge < -0.3 is 9.47 Å². The molecule has 0 aromatic heterocycles. The van der Waals surface area contributed by atoms with Gasteiger partial charge in [0.1, 0.15) is 6.10 Å². The van der Waals surface area contributed by atoms with Crippen molar-refractivity contribution in [2.45, 2.75) is 18.8 Å². The predicted molar refractivity (Wildman–Crippen MR) is 93.7 cm³/mol. The monoisotopic (exact) mass is 321 g/mol. The smallest absolute Gasteiger partial charge is 0.308 e. The molecule has 0 radical (unpaired) electrons. The molecule has 2 aromatic rings. The van der Waals surface area contributed by atoms with Gasteiger partial charge in [-0.1, -0.05) is 66.7 Å². The molecule has 24 heavy (non-hydrogen) atoms. The molecule has 0 saturated carbocycles. The van der Waals surface area contributed by atoms with Gasteiger partial charge in [0.15, 0.2) is 6.23 Å². The average Bonchev–Trinajstić information content (AvgIpc) is 3.04. The van der Waals surface area contributed by atoms with E-state index in [0.717, 1.165) is 16.8 Å². The number of ether oxygens (including phenoxy) is 2. The van der Waals surface area contributed by atoms with E-state index in [1.54, 1.807) is 0 Å². The molecule has 0 amide bonds. The number of nitrogens with zero attached hydrogens (tertiary/aromatic N) is 1. The number of methoxy groups -OCH3 is 1. The minimum absolute atomic E-state index is 0.153. The topological polar surface area (TPSA) is 47.9 Å². The number of esters is 1. The summed E-state index contributed by atoms with van der Waals surface area (Å²) < 4.78 is 10.7. The Balaban J connectivity index is 1.81. The van der Waals surface area contributed by atoms with Crippen molar-refractivity contribution in [2.75, 3.05) is 7.11 Å². The average molecular weight is 321 g/mol. The van der Waals surface area contributed by atoms with Crippen molar-refractivity contribution in [3.05, 3.63) is 77.9 Å². The molecule has 0 N–H and O–H groups in total. The molecule has 0 fully saturated rings. The van der Waals surface area contributed by atoms with E-state index in [-0.39, 0.29) is 12.4 Å². The fourth-order valence-corrected chi connectivity index (χ4v) is 2.58. The Labute approximate surface area is 141 Å². The van der Waals surface area contributed by atoms with Crippen LogP contribution in [-0.4, -0.2) is 31.1 Å². The highest BCUT2D eigenvalue weighted by atomic mass is 16.5. The second-order valence-corrected chi connectivity index (χ2v) is 5.45. The highest BCUT2D eigenvalue weighted by Crippen LogP contribution is 2.22. The van der Waals surface area contributed by atoms with E-state index in [4.69, 9.17) is 9.47 Å². The van der Waals surface area contributed by atoms with Gasteiger partial charge in [-0.2, -0.15) is 0 Å². The Kier molecular flexibility index (Phi) is 5.18. The summed E-state index contributed by atoms with van der Waals surface area (Å²) in [5.74, 6) is -0.309. The third kappa shape index (κ3) is 3.97. The van der Waals surface area contributed by atoms with E-state index < -0.39 is 12.3 Å². The van der Waals surface area contributed by atoms with Crippen LogP contribution in [0, 0.1) is 0 Å². The molecule has 0 bridgehead atoms. The maximum atomic E-state index is 11.7. The lowest BCUT2D eigenvalue weighted by Gasteiger charge is -2.12. The van der Waals surface area contributed by atoms with E-state index in [0.29, 0.717) is 0 Å². The van der Waals surface area contributed by atoms with Crippen molar-refractivity contribution in [3.8, 4) is 0 Å². The molecular formula is C20H19NO3. The van der Waals surface area contributed by atoms with Crippen molar-refractivity contribution in [2.24, 2.45) is 4.99 Å². The number of carbonyl (C=O) groups is 1. The summed E-state index contributed by atoms with van der Waals surface area (Å²) in [5, 5.41) is 0. The highest BCUT2D eigenvalue weighted by molar-refractivity contribution is 6.06. The van der Waals surface area contributed by atoms with Crippen LogP contribution in [0.1, 0.15) is 17.5 Å². The molecule has 4 heteroatoms. The molecule has 2 atom stereocenters. The van der Waals surface area contributed by atoms with Crippen LogP contribution in [0.15, 0.2) is 71.7 Å². The Morgan fingerprint density at radius 1 is 1.12 bits per heavy atom. The summed E-state index contributed by atoms with van der Waals surface area (Å²) in [6.07, 6.45) is 3.22. The quantitative estimate of drug-likeness (QED) is 0.792. The summed E-state index contributed by atoms with van der Waals surface area (Å²) in [6.45, 7) is 0. The SMILES string of the molecule is COC(=O)C[C@@H]1O[C@@H](/C=C/c2ccccc2)N=C1c1ccccc1. The van der Waals surface area contributed by atoms with Gasteiger partial charge in [0.05, 0.1) is 19.2 Å². The molecule has 4 nitrogen and oxygen atoms in total.